The van der Waals surface area contributed by atoms with Crippen LogP contribution in [0.15, 0.2) is 51.7 Å². The molecule has 138 valence electrons. The first-order chi connectivity index (χ1) is 12.2. The van der Waals surface area contributed by atoms with Crippen molar-refractivity contribution in [1.82, 2.24) is 5.32 Å². The van der Waals surface area contributed by atoms with Gasteiger partial charge in [-0.2, -0.15) is 0 Å². The van der Waals surface area contributed by atoms with Crippen LogP contribution in [0.1, 0.15) is 25.0 Å². The monoisotopic (exact) mass is 373 g/mol. The van der Waals surface area contributed by atoms with Crippen LogP contribution < -0.4 is 15.5 Å². The van der Waals surface area contributed by atoms with Crippen molar-refractivity contribution in [2.75, 3.05) is 13.7 Å². The number of benzene rings is 2. The van der Waals surface area contributed by atoms with Gasteiger partial charge in [-0.25, -0.2) is 0 Å². The molecule has 0 spiro atoms. The van der Waals surface area contributed by atoms with E-state index in [1.165, 1.54) is 0 Å². The summed E-state index contributed by atoms with van der Waals surface area (Å²) >= 11 is 0. The molecule has 0 saturated carbocycles. The molecule has 5 heteroatoms. The maximum absolute atomic E-state index is 13.1. The third-order valence-corrected chi connectivity index (χ3v) is 4.38. The summed E-state index contributed by atoms with van der Waals surface area (Å²) < 4.78 is 11.8. The molecule has 0 aliphatic rings. The Balaban J connectivity index is 0.00000243. The van der Waals surface area contributed by atoms with Crippen LogP contribution in [0, 0.1) is 0 Å². The standard InChI is InChI=1S/C21H23NO3.ClH/c1-4-15-19(23)16-11-12-18(24-3)17(13-22-5-2)21(16)25-20(15)14-9-7-6-8-10-14;/h6-12,22H,4-5,13H2,1-3H3;1H. The first-order valence-corrected chi connectivity index (χ1v) is 8.62. The number of ether oxygens (including phenoxy) is 1. The molecule has 0 fully saturated rings. The molecule has 3 aromatic rings. The lowest BCUT2D eigenvalue weighted by Gasteiger charge is -2.14. The molecule has 26 heavy (non-hydrogen) atoms. The minimum atomic E-state index is 0. The predicted molar refractivity (Wildman–Crippen MR) is 108 cm³/mol. The third kappa shape index (κ3) is 3.62. The van der Waals surface area contributed by atoms with Gasteiger partial charge in [-0.1, -0.05) is 44.2 Å². The molecule has 0 amide bonds. The fourth-order valence-electron chi connectivity index (χ4n) is 3.09. The number of nitrogens with one attached hydrogen (secondary N) is 1. The summed E-state index contributed by atoms with van der Waals surface area (Å²) in [6, 6.07) is 13.4. The normalized spacial score (nSPS) is 10.6. The second-order valence-electron chi connectivity index (χ2n) is 5.86. The van der Waals surface area contributed by atoms with Gasteiger partial charge in [0.25, 0.3) is 0 Å². The molecule has 0 saturated heterocycles. The van der Waals surface area contributed by atoms with Crippen molar-refractivity contribution in [2.45, 2.75) is 26.8 Å². The van der Waals surface area contributed by atoms with Crippen molar-refractivity contribution in [1.29, 1.82) is 0 Å². The van der Waals surface area contributed by atoms with Crippen LogP contribution >= 0.6 is 12.4 Å². The first kappa shape index (κ1) is 20.0. The molecule has 0 radical (unpaired) electrons. The Hall–Kier alpha value is -2.30. The lowest BCUT2D eigenvalue weighted by molar-refractivity contribution is 0.407. The third-order valence-electron chi connectivity index (χ3n) is 4.38. The lowest BCUT2D eigenvalue weighted by Crippen LogP contribution is -2.15. The highest BCUT2D eigenvalue weighted by molar-refractivity contribution is 5.85. The summed E-state index contributed by atoms with van der Waals surface area (Å²) in [4.78, 5) is 13.1. The Morgan fingerprint density at radius 1 is 1.04 bits per heavy atom. The van der Waals surface area contributed by atoms with Crippen LogP contribution in [0.25, 0.3) is 22.3 Å². The highest BCUT2D eigenvalue weighted by atomic mass is 35.5. The van der Waals surface area contributed by atoms with Gasteiger partial charge in [0.15, 0.2) is 5.43 Å². The SMILES string of the molecule is CCNCc1c(OC)ccc2c(=O)c(CC)c(-c3ccccc3)oc12.Cl. The van der Waals surface area contributed by atoms with Gasteiger partial charge in [0.05, 0.1) is 18.1 Å². The van der Waals surface area contributed by atoms with Crippen molar-refractivity contribution in [3.63, 3.8) is 0 Å². The molecule has 0 bridgehead atoms. The summed E-state index contributed by atoms with van der Waals surface area (Å²) in [5, 5.41) is 3.90. The van der Waals surface area contributed by atoms with Crippen molar-refractivity contribution >= 4 is 23.4 Å². The zero-order valence-electron chi connectivity index (χ0n) is 15.3. The second kappa shape index (κ2) is 8.88. The predicted octanol–water partition coefficient (Wildman–Crippen LogP) is 4.56. The minimum absolute atomic E-state index is 0. The first-order valence-electron chi connectivity index (χ1n) is 8.62. The van der Waals surface area contributed by atoms with Crippen LogP contribution in [0.2, 0.25) is 0 Å². The summed E-state index contributed by atoms with van der Waals surface area (Å²) in [5.74, 6) is 1.37. The van der Waals surface area contributed by atoms with Crippen molar-refractivity contribution in [2.24, 2.45) is 0 Å². The van der Waals surface area contributed by atoms with Gasteiger partial charge in [0, 0.05) is 17.7 Å². The highest BCUT2D eigenvalue weighted by Crippen LogP contribution is 2.32. The second-order valence-corrected chi connectivity index (χ2v) is 5.86. The molecule has 0 unspecified atom stereocenters. The van der Waals surface area contributed by atoms with Gasteiger partial charge < -0.3 is 14.5 Å². The fraction of sp³-hybridized carbons (Fsp3) is 0.286. The summed E-state index contributed by atoms with van der Waals surface area (Å²) in [6.45, 7) is 5.42. The molecule has 0 atom stereocenters. The average molecular weight is 374 g/mol. The highest BCUT2D eigenvalue weighted by Gasteiger charge is 2.18. The Morgan fingerprint density at radius 2 is 1.77 bits per heavy atom. The van der Waals surface area contributed by atoms with E-state index in [-0.39, 0.29) is 17.8 Å². The molecule has 1 N–H and O–H groups in total. The molecular formula is C21H24ClNO3. The topological polar surface area (TPSA) is 51.5 Å². The fourth-order valence-corrected chi connectivity index (χ4v) is 3.09. The number of methoxy groups -OCH3 is 1. The van der Waals surface area contributed by atoms with Crippen LogP contribution in [-0.4, -0.2) is 13.7 Å². The molecule has 0 aliphatic heterocycles. The van der Waals surface area contributed by atoms with Crippen LogP contribution in [-0.2, 0) is 13.0 Å². The van der Waals surface area contributed by atoms with Crippen molar-refractivity contribution in [3.8, 4) is 17.1 Å². The van der Waals surface area contributed by atoms with E-state index < -0.39 is 0 Å². The lowest BCUT2D eigenvalue weighted by atomic mass is 10.0. The van der Waals surface area contributed by atoms with Crippen LogP contribution in [0.5, 0.6) is 5.75 Å². The quantitative estimate of drug-likeness (QED) is 0.688. The van der Waals surface area contributed by atoms with Crippen LogP contribution in [0.4, 0.5) is 0 Å². The van der Waals surface area contributed by atoms with E-state index in [1.807, 2.05) is 50.2 Å². The zero-order chi connectivity index (χ0) is 17.8. The molecular weight excluding hydrogens is 350 g/mol. The van der Waals surface area contributed by atoms with Crippen LogP contribution in [0.3, 0.4) is 0 Å². The summed E-state index contributed by atoms with van der Waals surface area (Å²) in [7, 11) is 1.63. The van der Waals surface area contributed by atoms with Gasteiger partial charge in [-0.15, -0.1) is 12.4 Å². The molecule has 1 aromatic heterocycles. The van der Waals surface area contributed by atoms with Gasteiger partial charge in [0.1, 0.15) is 17.1 Å². The number of hydrogen-bond donors (Lipinski definition) is 1. The van der Waals surface area contributed by atoms with E-state index in [4.69, 9.17) is 9.15 Å². The Morgan fingerprint density at radius 3 is 2.38 bits per heavy atom. The molecule has 1 heterocycles. The van der Waals surface area contributed by atoms with Gasteiger partial charge in [-0.3, -0.25) is 4.79 Å². The van der Waals surface area contributed by atoms with E-state index in [0.717, 1.165) is 23.4 Å². The minimum Gasteiger partial charge on any atom is -0.496 e. The maximum atomic E-state index is 13.1. The summed E-state index contributed by atoms with van der Waals surface area (Å²) in [6.07, 6.45) is 0.622. The number of rotatable bonds is 6. The maximum Gasteiger partial charge on any atom is 0.196 e. The largest absolute Gasteiger partial charge is 0.496 e. The van der Waals surface area contributed by atoms with Gasteiger partial charge in [0.2, 0.25) is 0 Å². The molecule has 4 nitrogen and oxygen atoms in total. The Kier molecular flexibility index (Phi) is 6.83. The number of fused-ring (bicyclic) bond motifs is 1. The van der Waals surface area contributed by atoms with E-state index in [9.17, 15) is 4.79 Å². The average Bonchev–Trinajstić information content (AvgIpc) is 2.66. The molecule has 2 aromatic carbocycles. The zero-order valence-corrected chi connectivity index (χ0v) is 16.1. The van der Waals surface area contributed by atoms with Gasteiger partial charge >= 0.3 is 0 Å². The van der Waals surface area contributed by atoms with Gasteiger partial charge in [-0.05, 0) is 25.1 Å². The summed E-state index contributed by atoms with van der Waals surface area (Å²) in [5.41, 5.74) is 3.12. The van der Waals surface area contributed by atoms with E-state index in [2.05, 4.69) is 5.32 Å². The van der Waals surface area contributed by atoms with Crippen molar-refractivity contribution in [3.05, 3.63) is 63.8 Å². The number of halogens is 1. The van der Waals surface area contributed by atoms with E-state index >= 15 is 0 Å². The molecule has 0 aliphatic carbocycles. The molecule has 3 rings (SSSR count). The Labute approximate surface area is 159 Å². The Bertz CT molecular complexity index is 935. The van der Waals surface area contributed by atoms with Crippen molar-refractivity contribution < 1.29 is 9.15 Å². The number of hydrogen-bond acceptors (Lipinski definition) is 4. The van der Waals surface area contributed by atoms with E-state index in [1.54, 1.807) is 13.2 Å². The van der Waals surface area contributed by atoms with E-state index in [0.29, 0.717) is 35.3 Å². The smallest absolute Gasteiger partial charge is 0.196 e.